The van der Waals surface area contributed by atoms with E-state index in [0.29, 0.717) is 18.0 Å². The van der Waals surface area contributed by atoms with E-state index < -0.39 is 0 Å². The van der Waals surface area contributed by atoms with Gasteiger partial charge in [0.25, 0.3) is 0 Å². The molecule has 2 aromatic carbocycles. The molecule has 1 aromatic heterocycles. The first-order valence-electron chi connectivity index (χ1n) is 8.92. The first kappa shape index (κ1) is 19.1. The highest BCUT2D eigenvalue weighted by Crippen LogP contribution is 2.18. The van der Waals surface area contributed by atoms with Crippen LogP contribution in [0.5, 0.6) is 5.75 Å². The molecule has 1 amide bonds. The highest BCUT2D eigenvalue weighted by molar-refractivity contribution is 5.94. The fraction of sp³-hybridized carbons (Fsp3) is 0.136. The van der Waals surface area contributed by atoms with Crippen molar-refractivity contribution in [2.45, 2.75) is 13.3 Å². The summed E-state index contributed by atoms with van der Waals surface area (Å²) in [5.74, 6) is 1.08. The number of pyridine rings is 1. The van der Waals surface area contributed by atoms with Gasteiger partial charge >= 0.3 is 0 Å². The lowest BCUT2D eigenvalue weighted by molar-refractivity contribution is -0.116. The highest BCUT2D eigenvalue weighted by atomic mass is 16.5. The monoisotopic (exact) mass is 375 g/mol. The summed E-state index contributed by atoms with van der Waals surface area (Å²) in [6.07, 6.45) is 1.87. The number of anilines is 3. The summed E-state index contributed by atoms with van der Waals surface area (Å²) < 4.78 is 5.51. The molecule has 0 spiro atoms. The van der Waals surface area contributed by atoms with Crippen LogP contribution in [-0.2, 0) is 4.79 Å². The molecule has 6 heteroatoms. The smallest absolute Gasteiger partial charge is 0.228 e. The van der Waals surface area contributed by atoms with E-state index in [-0.39, 0.29) is 18.1 Å². The Kier molecular flexibility index (Phi) is 6.36. The molecule has 28 heavy (non-hydrogen) atoms. The number of hydrogen-bond donors (Lipinski definition) is 2. The normalized spacial score (nSPS) is 10.2. The summed E-state index contributed by atoms with van der Waals surface area (Å²) in [6, 6.07) is 20.1. The molecule has 0 aliphatic rings. The van der Waals surface area contributed by atoms with E-state index in [1.165, 1.54) is 6.92 Å². The lowest BCUT2D eigenvalue weighted by Gasteiger charge is -2.09. The van der Waals surface area contributed by atoms with Crippen LogP contribution in [0.25, 0.3) is 0 Å². The van der Waals surface area contributed by atoms with Gasteiger partial charge in [-0.3, -0.25) is 9.59 Å². The fourth-order valence-corrected chi connectivity index (χ4v) is 2.48. The molecule has 0 saturated heterocycles. The highest BCUT2D eigenvalue weighted by Gasteiger charge is 2.05. The van der Waals surface area contributed by atoms with Gasteiger partial charge in [-0.05, 0) is 55.5 Å². The molecule has 0 aliphatic carbocycles. The van der Waals surface area contributed by atoms with E-state index in [2.05, 4.69) is 15.6 Å². The lowest BCUT2D eigenvalue weighted by atomic mass is 10.1. The van der Waals surface area contributed by atoms with Crippen LogP contribution in [0.4, 0.5) is 17.2 Å². The van der Waals surface area contributed by atoms with Crippen LogP contribution < -0.4 is 15.4 Å². The van der Waals surface area contributed by atoms with Crippen molar-refractivity contribution in [3.05, 3.63) is 78.5 Å². The maximum Gasteiger partial charge on any atom is 0.228 e. The van der Waals surface area contributed by atoms with Gasteiger partial charge in [0.2, 0.25) is 5.91 Å². The maximum absolute atomic E-state index is 12.0. The molecule has 142 valence electrons. The first-order chi connectivity index (χ1) is 13.6. The summed E-state index contributed by atoms with van der Waals surface area (Å²) in [5, 5.41) is 5.94. The Morgan fingerprint density at radius 3 is 2.29 bits per heavy atom. The van der Waals surface area contributed by atoms with Crippen molar-refractivity contribution in [1.29, 1.82) is 0 Å². The zero-order chi connectivity index (χ0) is 19.8. The van der Waals surface area contributed by atoms with Crippen molar-refractivity contribution in [3.63, 3.8) is 0 Å². The Hall–Kier alpha value is -3.67. The topological polar surface area (TPSA) is 80.3 Å². The summed E-state index contributed by atoms with van der Waals surface area (Å²) in [7, 11) is 0. The number of nitrogens with one attached hydrogen (secondary N) is 2. The molecular weight excluding hydrogens is 354 g/mol. The van der Waals surface area contributed by atoms with Gasteiger partial charge in [-0.1, -0.05) is 18.2 Å². The molecule has 1 heterocycles. The maximum atomic E-state index is 12.0. The Morgan fingerprint density at radius 1 is 0.929 bits per heavy atom. The zero-order valence-corrected chi connectivity index (χ0v) is 15.5. The number of para-hydroxylation sites is 1. The third-order valence-corrected chi connectivity index (χ3v) is 3.95. The number of ketones is 1. The summed E-state index contributed by atoms with van der Waals surface area (Å²) in [5.41, 5.74) is 2.29. The number of carbonyl (C=O) groups excluding carboxylic acids is 2. The predicted octanol–water partition coefficient (Wildman–Crippen LogP) is 4.44. The quantitative estimate of drug-likeness (QED) is 0.569. The molecule has 0 bridgehead atoms. The van der Waals surface area contributed by atoms with Gasteiger partial charge in [-0.25, -0.2) is 4.98 Å². The second-order valence-electron chi connectivity index (χ2n) is 6.15. The predicted molar refractivity (Wildman–Crippen MR) is 109 cm³/mol. The van der Waals surface area contributed by atoms with Crippen molar-refractivity contribution in [2.24, 2.45) is 0 Å². The van der Waals surface area contributed by atoms with Crippen molar-refractivity contribution in [3.8, 4) is 5.75 Å². The Labute approximate surface area is 163 Å². The molecule has 3 aromatic rings. The zero-order valence-electron chi connectivity index (χ0n) is 15.5. The van der Waals surface area contributed by atoms with E-state index in [0.717, 1.165) is 17.1 Å². The van der Waals surface area contributed by atoms with Gasteiger partial charge in [0, 0.05) is 11.3 Å². The van der Waals surface area contributed by atoms with Gasteiger partial charge in [0.15, 0.2) is 5.78 Å². The number of benzene rings is 2. The van der Waals surface area contributed by atoms with Crippen LogP contribution in [0, 0.1) is 0 Å². The number of ether oxygens (including phenoxy) is 1. The number of Topliss-reactive ketones (excluding diaryl/α,β-unsaturated/α-hetero) is 1. The molecular formula is C22H21N3O3. The van der Waals surface area contributed by atoms with Crippen LogP contribution in [0.15, 0.2) is 72.9 Å². The fourth-order valence-electron chi connectivity index (χ4n) is 2.48. The average molecular weight is 375 g/mol. The number of hydrogen-bond acceptors (Lipinski definition) is 5. The van der Waals surface area contributed by atoms with E-state index in [1.54, 1.807) is 24.4 Å². The van der Waals surface area contributed by atoms with Crippen LogP contribution in [0.3, 0.4) is 0 Å². The minimum atomic E-state index is -0.163. The molecule has 0 saturated carbocycles. The molecule has 6 nitrogen and oxygen atoms in total. The minimum Gasteiger partial charge on any atom is -0.493 e. The number of amides is 1. The standard InChI is InChI=1S/C22H21N3O3/c1-16(26)17-7-9-18(10-8-17)24-19-11-12-21(23-15-19)25-22(27)13-14-28-20-5-3-2-4-6-20/h2-12,15,24H,13-14H2,1H3,(H,23,25,27). The summed E-state index contributed by atoms with van der Waals surface area (Å²) in [6.45, 7) is 1.83. The van der Waals surface area contributed by atoms with Crippen molar-refractivity contribution in [1.82, 2.24) is 4.98 Å². The van der Waals surface area contributed by atoms with Gasteiger partial charge in [0.1, 0.15) is 11.6 Å². The molecule has 0 aliphatic heterocycles. The molecule has 2 N–H and O–H groups in total. The van der Waals surface area contributed by atoms with Gasteiger partial charge in [-0.2, -0.15) is 0 Å². The lowest BCUT2D eigenvalue weighted by Crippen LogP contribution is -2.15. The van der Waals surface area contributed by atoms with Crippen LogP contribution >= 0.6 is 0 Å². The Bertz CT molecular complexity index is 924. The Morgan fingerprint density at radius 2 is 1.64 bits per heavy atom. The van der Waals surface area contributed by atoms with Gasteiger partial charge in [-0.15, -0.1) is 0 Å². The second-order valence-corrected chi connectivity index (χ2v) is 6.15. The van der Waals surface area contributed by atoms with Crippen molar-refractivity contribution >= 4 is 28.9 Å². The third kappa shape index (κ3) is 5.67. The minimum absolute atomic E-state index is 0.0301. The largest absolute Gasteiger partial charge is 0.493 e. The number of nitrogens with zero attached hydrogens (tertiary/aromatic N) is 1. The Balaban J connectivity index is 1.47. The molecule has 0 unspecified atom stereocenters. The van der Waals surface area contributed by atoms with Crippen molar-refractivity contribution < 1.29 is 14.3 Å². The van der Waals surface area contributed by atoms with E-state index >= 15 is 0 Å². The number of aromatic nitrogens is 1. The van der Waals surface area contributed by atoms with Gasteiger partial charge in [0.05, 0.1) is 24.9 Å². The van der Waals surface area contributed by atoms with Gasteiger partial charge < -0.3 is 15.4 Å². The number of rotatable bonds is 8. The van der Waals surface area contributed by atoms with E-state index in [9.17, 15) is 9.59 Å². The molecule has 0 radical (unpaired) electrons. The van der Waals surface area contributed by atoms with E-state index in [4.69, 9.17) is 4.74 Å². The van der Waals surface area contributed by atoms with Crippen LogP contribution in [0.1, 0.15) is 23.7 Å². The van der Waals surface area contributed by atoms with Crippen LogP contribution in [0.2, 0.25) is 0 Å². The first-order valence-corrected chi connectivity index (χ1v) is 8.92. The van der Waals surface area contributed by atoms with E-state index in [1.807, 2.05) is 48.5 Å². The molecule has 3 rings (SSSR count). The summed E-state index contributed by atoms with van der Waals surface area (Å²) in [4.78, 5) is 27.5. The SMILES string of the molecule is CC(=O)c1ccc(Nc2ccc(NC(=O)CCOc3ccccc3)nc2)cc1. The third-order valence-electron chi connectivity index (χ3n) is 3.95. The number of carbonyl (C=O) groups is 2. The van der Waals surface area contributed by atoms with Crippen molar-refractivity contribution in [2.75, 3.05) is 17.2 Å². The second kappa shape index (κ2) is 9.32. The average Bonchev–Trinajstić information content (AvgIpc) is 2.71. The van der Waals surface area contributed by atoms with Crippen LogP contribution in [-0.4, -0.2) is 23.3 Å². The summed E-state index contributed by atoms with van der Waals surface area (Å²) >= 11 is 0. The molecule has 0 fully saturated rings. The molecule has 0 atom stereocenters.